The van der Waals surface area contributed by atoms with E-state index in [4.69, 9.17) is 10.2 Å². The number of nitriles is 1. The molecule has 5 nitrogen and oxygen atoms in total. The Kier molecular flexibility index (Phi) is 4.51. The second kappa shape index (κ2) is 7.47. The Balaban J connectivity index is 1.75. The topological polar surface area (TPSA) is 77.8 Å². The molecule has 0 aliphatic carbocycles. The van der Waals surface area contributed by atoms with Crippen molar-refractivity contribution in [2.75, 3.05) is 0 Å². The summed E-state index contributed by atoms with van der Waals surface area (Å²) >= 11 is 1.60. The van der Waals surface area contributed by atoms with Gasteiger partial charge in [0.1, 0.15) is 5.01 Å². The van der Waals surface area contributed by atoms with Gasteiger partial charge in [0.05, 0.1) is 33.6 Å². The number of urea groups is 1. The third-order valence-electron chi connectivity index (χ3n) is 5.03. The van der Waals surface area contributed by atoms with E-state index in [-0.39, 0.29) is 12.1 Å². The Morgan fingerprint density at radius 1 is 0.933 bits per heavy atom. The number of benzene rings is 3. The van der Waals surface area contributed by atoms with Gasteiger partial charge in [-0.3, -0.25) is 0 Å². The number of para-hydroxylation sites is 1. The molecule has 0 bridgehead atoms. The lowest BCUT2D eigenvalue weighted by Crippen LogP contribution is -2.42. The average Bonchev–Trinajstić information content (AvgIpc) is 3.23. The van der Waals surface area contributed by atoms with Crippen LogP contribution < -0.4 is 10.6 Å². The second-order valence-corrected chi connectivity index (χ2v) is 7.94. The van der Waals surface area contributed by atoms with Gasteiger partial charge in [-0.25, -0.2) is 9.78 Å². The van der Waals surface area contributed by atoms with Crippen LogP contribution in [0.2, 0.25) is 0 Å². The summed E-state index contributed by atoms with van der Waals surface area (Å²) < 4.78 is 1.09. The van der Waals surface area contributed by atoms with Crippen LogP contribution in [-0.2, 0) is 0 Å². The largest absolute Gasteiger partial charge is 0.327 e. The van der Waals surface area contributed by atoms with Crippen molar-refractivity contribution in [1.29, 1.82) is 5.26 Å². The molecule has 1 atom stereocenters. The van der Waals surface area contributed by atoms with E-state index < -0.39 is 0 Å². The van der Waals surface area contributed by atoms with Gasteiger partial charge in [0, 0.05) is 5.57 Å². The molecule has 1 aromatic heterocycles. The molecule has 0 fully saturated rings. The minimum atomic E-state index is -0.387. The van der Waals surface area contributed by atoms with Crippen LogP contribution in [0.4, 0.5) is 4.79 Å². The van der Waals surface area contributed by atoms with Crippen molar-refractivity contribution in [3.63, 3.8) is 0 Å². The molecule has 30 heavy (non-hydrogen) atoms. The second-order valence-electron chi connectivity index (χ2n) is 6.91. The number of thiazole rings is 1. The lowest BCUT2D eigenvalue weighted by atomic mass is 9.92. The van der Waals surface area contributed by atoms with Crippen molar-refractivity contribution in [2.24, 2.45) is 0 Å². The number of carbonyl (C=O) groups excluding carboxylic acids is 1. The van der Waals surface area contributed by atoms with Gasteiger partial charge in [-0.05, 0) is 35.4 Å². The highest BCUT2D eigenvalue weighted by Crippen LogP contribution is 2.40. The first-order valence-electron chi connectivity index (χ1n) is 9.46. The van der Waals surface area contributed by atoms with E-state index in [0.29, 0.717) is 5.56 Å². The summed E-state index contributed by atoms with van der Waals surface area (Å²) in [6.07, 6.45) is 0. The summed E-state index contributed by atoms with van der Waals surface area (Å²) in [4.78, 5) is 17.4. The van der Waals surface area contributed by atoms with E-state index in [1.807, 2.05) is 66.7 Å². The highest BCUT2D eigenvalue weighted by atomic mass is 32.1. The number of hydrogen-bond donors (Lipinski definition) is 2. The zero-order valence-electron chi connectivity index (χ0n) is 15.8. The van der Waals surface area contributed by atoms with Crippen molar-refractivity contribution in [3.8, 4) is 6.07 Å². The van der Waals surface area contributed by atoms with Crippen molar-refractivity contribution >= 4 is 38.9 Å². The lowest BCUT2D eigenvalue weighted by Gasteiger charge is -2.30. The van der Waals surface area contributed by atoms with Gasteiger partial charge >= 0.3 is 6.03 Å². The minimum absolute atomic E-state index is 0.270. The van der Waals surface area contributed by atoms with Gasteiger partial charge in [0.25, 0.3) is 0 Å². The first kappa shape index (κ1) is 18.1. The van der Waals surface area contributed by atoms with E-state index >= 15 is 0 Å². The zero-order chi connectivity index (χ0) is 20.5. The molecule has 2 amide bonds. The number of hydrogen-bond acceptors (Lipinski definition) is 4. The number of nitrogens with one attached hydrogen (secondary N) is 2. The first-order valence-corrected chi connectivity index (χ1v) is 10.3. The molecular formula is C24H16N4OS. The Hall–Kier alpha value is -3.95. The molecule has 144 valence electrons. The summed E-state index contributed by atoms with van der Waals surface area (Å²) in [6, 6.07) is 26.6. The summed E-state index contributed by atoms with van der Waals surface area (Å²) in [7, 11) is 0. The molecule has 5 rings (SSSR count). The van der Waals surface area contributed by atoms with Gasteiger partial charge in [0.15, 0.2) is 0 Å². The predicted molar refractivity (Wildman–Crippen MR) is 118 cm³/mol. The third-order valence-corrected chi connectivity index (χ3v) is 6.10. The van der Waals surface area contributed by atoms with E-state index in [1.165, 1.54) is 0 Å². The Bertz CT molecular complexity index is 1280. The summed E-state index contributed by atoms with van der Waals surface area (Å²) in [5, 5.41) is 16.0. The van der Waals surface area contributed by atoms with Crippen LogP contribution in [0.1, 0.15) is 27.7 Å². The molecule has 3 aromatic carbocycles. The molecule has 2 heterocycles. The van der Waals surface area contributed by atoms with Crippen molar-refractivity contribution < 1.29 is 4.79 Å². The first-order chi connectivity index (χ1) is 14.7. The fourth-order valence-electron chi connectivity index (χ4n) is 3.61. The molecule has 2 N–H and O–H groups in total. The molecule has 0 spiro atoms. The van der Waals surface area contributed by atoms with Gasteiger partial charge in [0.2, 0.25) is 0 Å². The van der Waals surface area contributed by atoms with Crippen molar-refractivity contribution in [3.05, 3.63) is 101 Å². The lowest BCUT2D eigenvalue weighted by molar-refractivity contribution is 0.242. The molecule has 6 heteroatoms. The standard InChI is InChI=1S/C24H16N4OS/c25-14-15-10-12-17(13-11-15)22-20(23-26-18-8-4-5-9-19(18)30-23)21(27-24(29)28-22)16-6-2-1-3-7-16/h1-13,22H,(H2,27,28,29)/t22-/m0/s1. The van der Waals surface area contributed by atoms with Gasteiger partial charge in [-0.15, -0.1) is 11.3 Å². The normalized spacial score (nSPS) is 16.1. The third kappa shape index (κ3) is 3.21. The molecule has 0 unspecified atom stereocenters. The van der Waals surface area contributed by atoms with Crippen molar-refractivity contribution in [2.45, 2.75) is 6.04 Å². The Labute approximate surface area is 177 Å². The summed E-state index contributed by atoms with van der Waals surface area (Å²) in [5.74, 6) is 0. The van der Waals surface area contributed by atoms with Crippen LogP contribution >= 0.6 is 11.3 Å². The van der Waals surface area contributed by atoms with Gasteiger partial charge in [-0.1, -0.05) is 54.6 Å². The van der Waals surface area contributed by atoms with Crippen LogP contribution in [0.3, 0.4) is 0 Å². The summed E-state index contributed by atoms with van der Waals surface area (Å²) in [5.41, 5.74) is 4.96. The fraction of sp³-hybridized carbons (Fsp3) is 0.0417. The van der Waals surface area contributed by atoms with E-state index in [0.717, 1.165) is 37.6 Å². The average molecular weight is 408 g/mol. The quantitative estimate of drug-likeness (QED) is 0.496. The van der Waals surface area contributed by atoms with Crippen LogP contribution in [-0.4, -0.2) is 11.0 Å². The number of rotatable bonds is 3. The van der Waals surface area contributed by atoms with E-state index in [9.17, 15) is 4.79 Å². The van der Waals surface area contributed by atoms with Gasteiger partial charge < -0.3 is 10.6 Å². The molecule has 1 aliphatic heterocycles. The highest BCUT2D eigenvalue weighted by Gasteiger charge is 2.31. The minimum Gasteiger partial charge on any atom is -0.327 e. The number of amides is 2. The summed E-state index contributed by atoms with van der Waals surface area (Å²) in [6.45, 7) is 0. The maximum absolute atomic E-state index is 12.6. The van der Waals surface area contributed by atoms with E-state index in [1.54, 1.807) is 23.5 Å². The molecule has 4 aromatic rings. The SMILES string of the molecule is N#Cc1ccc([C@@H]2NC(=O)NC(c3ccccc3)=C2c2nc3ccccc3s2)cc1. The van der Waals surface area contributed by atoms with Gasteiger partial charge in [-0.2, -0.15) is 5.26 Å². The molecule has 0 radical (unpaired) electrons. The number of aromatic nitrogens is 1. The molecular weight excluding hydrogens is 392 g/mol. The number of nitrogens with zero attached hydrogens (tertiary/aromatic N) is 2. The highest BCUT2D eigenvalue weighted by molar-refractivity contribution is 7.19. The zero-order valence-corrected chi connectivity index (χ0v) is 16.6. The van der Waals surface area contributed by atoms with Crippen LogP contribution in [0.15, 0.2) is 78.9 Å². The monoisotopic (exact) mass is 408 g/mol. The van der Waals surface area contributed by atoms with Crippen molar-refractivity contribution in [1.82, 2.24) is 15.6 Å². The number of fused-ring (bicyclic) bond motifs is 1. The molecule has 0 saturated carbocycles. The molecule has 1 aliphatic rings. The predicted octanol–water partition coefficient (Wildman–Crippen LogP) is 5.09. The smallest absolute Gasteiger partial charge is 0.320 e. The Morgan fingerprint density at radius 2 is 1.67 bits per heavy atom. The fourth-order valence-corrected chi connectivity index (χ4v) is 4.66. The number of carbonyl (C=O) groups is 1. The maximum Gasteiger partial charge on any atom is 0.320 e. The maximum atomic E-state index is 12.6. The Morgan fingerprint density at radius 3 is 2.40 bits per heavy atom. The molecule has 0 saturated heterocycles. The van der Waals surface area contributed by atoms with E-state index in [2.05, 4.69) is 16.7 Å². The van der Waals surface area contributed by atoms with Crippen LogP contribution in [0.5, 0.6) is 0 Å². The van der Waals surface area contributed by atoms with Crippen LogP contribution in [0, 0.1) is 11.3 Å². The van der Waals surface area contributed by atoms with Crippen LogP contribution in [0.25, 0.3) is 21.5 Å².